The molecular formula is C20H19FN4O4S. The van der Waals surface area contributed by atoms with E-state index in [0.29, 0.717) is 45.9 Å². The molecule has 1 aliphatic rings. The van der Waals surface area contributed by atoms with Crippen LogP contribution in [0.1, 0.15) is 29.1 Å². The highest BCUT2D eigenvalue weighted by Crippen LogP contribution is 2.29. The molecular weight excluding hydrogens is 411 g/mol. The molecule has 3 aromatic rings. The number of aromatic nitrogens is 3. The van der Waals surface area contributed by atoms with Gasteiger partial charge < -0.3 is 19.3 Å². The predicted octanol–water partition coefficient (Wildman–Crippen LogP) is 4.08. The van der Waals surface area contributed by atoms with Gasteiger partial charge in [-0.15, -0.1) is 0 Å². The second-order valence-corrected chi connectivity index (χ2v) is 7.65. The van der Waals surface area contributed by atoms with Gasteiger partial charge >= 0.3 is 6.09 Å². The van der Waals surface area contributed by atoms with Gasteiger partial charge in [-0.3, -0.25) is 4.98 Å². The SMILES string of the molecule is Cc1nc(/C=C/c2conc2-c2ccc(F)cn2)sc1OC(=O)NC1CCOCC1. The molecule has 8 nitrogen and oxygen atoms in total. The van der Waals surface area contributed by atoms with Gasteiger partial charge in [-0.05, 0) is 44.1 Å². The quantitative estimate of drug-likeness (QED) is 0.651. The number of thiazole rings is 1. The van der Waals surface area contributed by atoms with E-state index in [9.17, 15) is 9.18 Å². The number of amides is 1. The molecule has 0 bridgehead atoms. The number of pyridine rings is 1. The van der Waals surface area contributed by atoms with Gasteiger partial charge in [-0.2, -0.15) is 0 Å². The van der Waals surface area contributed by atoms with Gasteiger partial charge in [0.1, 0.15) is 22.8 Å². The van der Waals surface area contributed by atoms with Crippen molar-refractivity contribution in [2.24, 2.45) is 0 Å². The van der Waals surface area contributed by atoms with E-state index in [-0.39, 0.29) is 6.04 Å². The summed E-state index contributed by atoms with van der Waals surface area (Å²) in [7, 11) is 0. The van der Waals surface area contributed by atoms with Gasteiger partial charge in [-0.25, -0.2) is 14.2 Å². The number of hydrogen-bond donors (Lipinski definition) is 1. The fourth-order valence-corrected chi connectivity index (χ4v) is 3.74. The number of aryl methyl sites for hydroxylation is 1. The first kappa shape index (κ1) is 20.2. The van der Waals surface area contributed by atoms with E-state index < -0.39 is 11.9 Å². The van der Waals surface area contributed by atoms with Gasteiger partial charge in [-0.1, -0.05) is 16.5 Å². The molecule has 1 amide bonds. The van der Waals surface area contributed by atoms with Crippen LogP contribution in [0.15, 0.2) is 29.1 Å². The van der Waals surface area contributed by atoms with Gasteiger partial charge in [0.15, 0.2) is 0 Å². The van der Waals surface area contributed by atoms with Crippen LogP contribution in [0.4, 0.5) is 9.18 Å². The zero-order valence-corrected chi connectivity index (χ0v) is 16.9. The summed E-state index contributed by atoms with van der Waals surface area (Å²) in [5, 5.41) is 7.87. The zero-order valence-electron chi connectivity index (χ0n) is 16.1. The van der Waals surface area contributed by atoms with Crippen LogP contribution in [0, 0.1) is 12.7 Å². The van der Waals surface area contributed by atoms with Crippen LogP contribution < -0.4 is 10.1 Å². The van der Waals surface area contributed by atoms with E-state index >= 15 is 0 Å². The lowest BCUT2D eigenvalue weighted by atomic mass is 10.1. The molecule has 1 saturated heterocycles. The molecule has 4 heterocycles. The Hall–Kier alpha value is -3.11. The maximum Gasteiger partial charge on any atom is 0.413 e. The summed E-state index contributed by atoms with van der Waals surface area (Å²) in [5.41, 5.74) is 2.27. The molecule has 4 rings (SSSR count). The predicted molar refractivity (Wildman–Crippen MR) is 108 cm³/mol. The Morgan fingerprint density at radius 2 is 2.17 bits per heavy atom. The van der Waals surface area contributed by atoms with Crippen molar-refractivity contribution in [3.05, 3.63) is 46.7 Å². The third-order valence-electron chi connectivity index (χ3n) is 4.47. The van der Waals surface area contributed by atoms with Crippen molar-refractivity contribution in [2.75, 3.05) is 13.2 Å². The maximum atomic E-state index is 13.1. The van der Waals surface area contributed by atoms with Gasteiger partial charge in [0.05, 0.1) is 17.6 Å². The highest BCUT2D eigenvalue weighted by atomic mass is 32.1. The van der Waals surface area contributed by atoms with Crippen molar-refractivity contribution in [1.29, 1.82) is 0 Å². The Kier molecular flexibility index (Phi) is 6.15. The third kappa shape index (κ3) is 4.89. The molecule has 156 valence electrons. The smallest absolute Gasteiger partial charge is 0.397 e. The molecule has 3 aromatic heterocycles. The molecule has 1 N–H and O–H groups in total. The van der Waals surface area contributed by atoms with Gasteiger partial charge in [0.2, 0.25) is 5.06 Å². The summed E-state index contributed by atoms with van der Waals surface area (Å²) < 4.78 is 28.8. The van der Waals surface area contributed by atoms with Crippen molar-refractivity contribution in [3.8, 4) is 16.5 Å². The first-order valence-corrected chi connectivity index (χ1v) is 10.2. The van der Waals surface area contributed by atoms with E-state index in [1.165, 1.54) is 29.7 Å². The summed E-state index contributed by atoms with van der Waals surface area (Å²) in [5.74, 6) is -0.425. The fraction of sp³-hybridized carbons (Fsp3) is 0.300. The molecule has 30 heavy (non-hydrogen) atoms. The lowest BCUT2D eigenvalue weighted by Gasteiger charge is -2.22. The number of nitrogens with zero attached hydrogens (tertiary/aromatic N) is 3. The maximum absolute atomic E-state index is 13.1. The summed E-state index contributed by atoms with van der Waals surface area (Å²) in [6, 6.07) is 2.90. The highest BCUT2D eigenvalue weighted by molar-refractivity contribution is 7.14. The molecule has 0 unspecified atom stereocenters. The lowest BCUT2D eigenvalue weighted by Crippen LogP contribution is -2.40. The summed E-state index contributed by atoms with van der Waals surface area (Å²) >= 11 is 1.25. The molecule has 0 saturated carbocycles. The number of hydrogen-bond acceptors (Lipinski definition) is 8. The molecule has 0 spiro atoms. The number of carbonyl (C=O) groups is 1. The Labute approximate surface area is 175 Å². The Morgan fingerprint density at radius 3 is 2.93 bits per heavy atom. The number of nitrogens with one attached hydrogen (secondary N) is 1. The normalized spacial score (nSPS) is 14.9. The van der Waals surface area contributed by atoms with Crippen molar-refractivity contribution in [2.45, 2.75) is 25.8 Å². The van der Waals surface area contributed by atoms with Gasteiger partial charge in [0.25, 0.3) is 0 Å². The topological polar surface area (TPSA) is 99.4 Å². The van der Waals surface area contributed by atoms with E-state index in [2.05, 4.69) is 20.4 Å². The van der Waals surface area contributed by atoms with Crippen molar-refractivity contribution in [3.63, 3.8) is 0 Å². The average molecular weight is 430 g/mol. The van der Waals surface area contributed by atoms with Crippen molar-refractivity contribution in [1.82, 2.24) is 20.4 Å². The van der Waals surface area contributed by atoms with E-state index in [4.69, 9.17) is 14.0 Å². The van der Waals surface area contributed by atoms with Crippen LogP contribution in [-0.4, -0.2) is 40.5 Å². The number of carbonyl (C=O) groups excluding carboxylic acids is 1. The first-order valence-electron chi connectivity index (χ1n) is 9.36. The summed E-state index contributed by atoms with van der Waals surface area (Å²) in [4.78, 5) is 20.6. The van der Waals surface area contributed by atoms with E-state index in [0.717, 1.165) is 19.0 Å². The Bertz CT molecular complexity index is 1040. The van der Waals surface area contributed by atoms with Crippen molar-refractivity contribution < 1.29 is 23.2 Å². The minimum atomic E-state index is -0.493. The average Bonchev–Trinajstić information content (AvgIpc) is 3.34. The molecule has 10 heteroatoms. The molecule has 0 aromatic carbocycles. The fourth-order valence-electron chi connectivity index (χ4n) is 2.92. The summed E-state index contributed by atoms with van der Waals surface area (Å²) in [6.07, 6.45) is 7.17. The largest absolute Gasteiger partial charge is 0.413 e. The van der Waals surface area contributed by atoms with E-state index in [1.54, 1.807) is 19.1 Å². The second kappa shape index (κ2) is 9.14. The first-order chi connectivity index (χ1) is 14.6. The van der Waals surface area contributed by atoms with Gasteiger partial charge in [0, 0.05) is 24.8 Å². The van der Waals surface area contributed by atoms with Crippen LogP contribution in [0.25, 0.3) is 23.5 Å². The third-order valence-corrected chi connectivity index (χ3v) is 5.47. The standard InChI is InChI=1S/C20H19FN4O4S/c1-12-19(29-20(26)24-15-6-8-27-9-7-15)30-17(23-12)5-2-13-11-28-25-18(13)16-4-3-14(21)10-22-16/h2-5,10-11,15H,6-9H2,1H3,(H,24,26)/b5-2+. The van der Waals surface area contributed by atoms with Crippen LogP contribution in [0.3, 0.4) is 0 Å². The highest BCUT2D eigenvalue weighted by Gasteiger charge is 2.19. The molecule has 0 atom stereocenters. The minimum Gasteiger partial charge on any atom is -0.397 e. The number of rotatable bonds is 5. The second-order valence-electron chi connectivity index (χ2n) is 6.66. The van der Waals surface area contributed by atoms with Crippen LogP contribution in [0.5, 0.6) is 5.06 Å². The Morgan fingerprint density at radius 1 is 1.33 bits per heavy atom. The monoisotopic (exact) mass is 430 g/mol. The zero-order chi connectivity index (χ0) is 20.9. The molecule has 0 aliphatic carbocycles. The van der Waals surface area contributed by atoms with Crippen molar-refractivity contribution >= 4 is 29.6 Å². The van der Waals surface area contributed by atoms with Crippen LogP contribution in [-0.2, 0) is 4.74 Å². The van der Waals surface area contributed by atoms with E-state index in [1.807, 2.05) is 0 Å². The minimum absolute atomic E-state index is 0.0610. The number of ether oxygens (including phenoxy) is 2. The van der Waals surface area contributed by atoms with Crippen LogP contribution >= 0.6 is 11.3 Å². The Balaban J connectivity index is 1.42. The molecule has 1 fully saturated rings. The lowest BCUT2D eigenvalue weighted by molar-refractivity contribution is 0.0779. The molecule has 1 aliphatic heterocycles. The molecule has 0 radical (unpaired) electrons. The number of halogens is 1. The summed E-state index contributed by atoms with van der Waals surface area (Å²) in [6.45, 7) is 3.05. The van der Waals surface area contributed by atoms with Crippen LogP contribution in [0.2, 0.25) is 0 Å².